The number of rotatable bonds is 7. The number of nitrogens with one attached hydrogen (secondary N) is 1. The second-order valence-corrected chi connectivity index (χ2v) is 8.79. The molecule has 1 fully saturated rings. The van der Waals surface area contributed by atoms with Gasteiger partial charge in [0.2, 0.25) is 10.0 Å². The average Bonchev–Trinajstić information content (AvgIpc) is 2.68. The number of halogens is 1. The van der Waals surface area contributed by atoms with Gasteiger partial charge in [0.1, 0.15) is 5.75 Å². The first-order valence-electron chi connectivity index (χ1n) is 8.75. The average molecular weight is 412 g/mol. The second kappa shape index (κ2) is 8.97. The largest absolute Gasteiger partial charge is 0.493 e. The second-order valence-electron chi connectivity index (χ2n) is 6.31. The van der Waals surface area contributed by atoms with Crippen molar-refractivity contribution in [3.05, 3.63) is 41.7 Å². The molecule has 9 heteroatoms. The van der Waals surface area contributed by atoms with E-state index in [4.69, 9.17) is 21.1 Å². The van der Waals surface area contributed by atoms with Crippen LogP contribution in [0.4, 0.5) is 0 Å². The molecule has 1 aromatic heterocycles. The highest BCUT2D eigenvalue weighted by Gasteiger charge is 2.29. The third kappa shape index (κ3) is 5.62. The van der Waals surface area contributed by atoms with Crippen LogP contribution in [0.2, 0.25) is 5.02 Å². The van der Waals surface area contributed by atoms with Crippen molar-refractivity contribution in [3.8, 4) is 17.1 Å². The molecule has 1 aliphatic heterocycles. The summed E-state index contributed by atoms with van der Waals surface area (Å²) in [7, 11) is -3.26. The van der Waals surface area contributed by atoms with E-state index in [1.165, 1.54) is 0 Å². The molecule has 1 aliphatic rings. The van der Waals surface area contributed by atoms with E-state index in [0.29, 0.717) is 42.8 Å². The molecule has 3 rings (SSSR count). The van der Waals surface area contributed by atoms with Crippen molar-refractivity contribution in [3.63, 3.8) is 0 Å². The van der Waals surface area contributed by atoms with E-state index in [0.717, 1.165) is 5.56 Å². The minimum Gasteiger partial charge on any atom is -0.493 e. The molecule has 27 heavy (non-hydrogen) atoms. The Labute approximate surface area is 164 Å². The maximum absolute atomic E-state index is 11.9. The van der Waals surface area contributed by atoms with E-state index in [9.17, 15) is 8.42 Å². The van der Waals surface area contributed by atoms with Crippen LogP contribution in [0.15, 0.2) is 36.7 Å². The van der Waals surface area contributed by atoms with E-state index in [1.54, 1.807) is 19.3 Å². The summed E-state index contributed by atoms with van der Waals surface area (Å²) >= 11 is 5.80. The summed E-state index contributed by atoms with van der Waals surface area (Å²) in [4.78, 5) is 8.37. The molecule has 0 bridgehead atoms. The highest BCUT2D eigenvalue weighted by molar-refractivity contribution is 7.89. The Morgan fingerprint density at radius 1 is 1.26 bits per heavy atom. The third-order valence-electron chi connectivity index (χ3n) is 4.38. The van der Waals surface area contributed by atoms with Crippen molar-refractivity contribution in [2.45, 2.75) is 19.4 Å². The molecular formula is C18H22ClN3O4S. The van der Waals surface area contributed by atoms with Crippen molar-refractivity contribution in [1.29, 1.82) is 0 Å². The van der Waals surface area contributed by atoms with Crippen molar-refractivity contribution in [2.24, 2.45) is 5.92 Å². The first kappa shape index (κ1) is 20.0. The standard InChI is InChI=1S/C18H22ClN3O4S/c1-2-27(23,24)22-17-7-8-25-11-14(17)12-26-16-5-3-13(4-6-16)18-20-9-15(19)10-21-18/h3-6,9-10,14,17,22H,2,7-8,11-12H2,1H3/t14-,17+/m1/s1. The van der Waals surface area contributed by atoms with E-state index >= 15 is 0 Å². The van der Waals surface area contributed by atoms with E-state index in [1.807, 2.05) is 24.3 Å². The minimum absolute atomic E-state index is 0.0423. The molecule has 0 saturated carbocycles. The number of hydrogen-bond donors (Lipinski definition) is 1. The zero-order valence-corrected chi connectivity index (χ0v) is 16.5. The Morgan fingerprint density at radius 2 is 1.96 bits per heavy atom. The first-order chi connectivity index (χ1) is 13.0. The summed E-state index contributed by atoms with van der Waals surface area (Å²) in [5.74, 6) is 1.29. The lowest BCUT2D eigenvalue weighted by atomic mass is 9.98. The van der Waals surface area contributed by atoms with Crippen molar-refractivity contribution >= 4 is 21.6 Å². The Balaban J connectivity index is 1.60. The van der Waals surface area contributed by atoms with Gasteiger partial charge in [0.15, 0.2) is 5.82 Å². The first-order valence-corrected chi connectivity index (χ1v) is 10.8. The topological polar surface area (TPSA) is 90.4 Å². The lowest BCUT2D eigenvalue weighted by Crippen LogP contribution is -2.47. The smallest absolute Gasteiger partial charge is 0.211 e. The maximum atomic E-state index is 11.9. The molecule has 1 N–H and O–H groups in total. The summed E-state index contributed by atoms with van der Waals surface area (Å²) < 4.78 is 37.8. The number of aromatic nitrogens is 2. The van der Waals surface area contributed by atoms with Crippen molar-refractivity contribution in [1.82, 2.24) is 14.7 Å². The van der Waals surface area contributed by atoms with Gasteiger partial charge in [-0.2, -0.15) is 0 Å². The highest BCUT2D eigenvalue weighted by Crippen LogP contribution is 2.22. The quantitative estimate of drug-likeness (QED) is 0.752. The van der Waals surface area contributed by atoms with Crippen LogP contribution in [0.25, 0.3) is 11.4 Å². The zero-order valence-electron chi connectivity index (χ0n) is 15.0. The van der Waals surface area contributed by atoms with Gasteiger partial charge in [-0.25, -0.2) is 23.1 Å². The summed E-state index contributed by atoms with van der Waals surface area (Å²) in [6.45, 7) is 3.00. The molecule has 1 aromatic carbocycles. The number of benzene rings is 1. The monoisotopic (exact) mass is 411 g/mol. The van der Waals surface area contributed by atoms with Crippen LogP contribution in [0.5, 0.6) is 5.75 Å². The van der Waals surface area contributed by atoms with E-state index in [2.05, 4.69) is 14.7 Å². The normalized spacial score (nSPS) is 20.4. The highest BCUT2D eigenvalue weighted by atomic mass is 35.5. The van der Waals surface area contributed by atoms with Crippen LogP contribution in [0, 0.1) is 5.92 Å². The molecule has 2 aromatic rings. The van der Waals surface area contributed by atoms with Crippen molar-refractivity contribution in [2.75, 3.05) is 25.6 Å². The fraction of sp³-hybridized carbons (Fsp3) is 0.444. The molecule has 0 unspecified atom stereocenters. The number of hydrogen-bond acceptors (Lipinski definition) is 6. The van der Waals surface area contributed by atoms with Gasteiger partial charge in [0.25, 0.3) is 0 Å². The maximum Gasteiger partial charge on any atom is 0.211 e. The van der Waals surface area contributed by atoms with E-state index < -0.39 is 10.0 Å². The lowest BCUT2D eigenvalue weighted by molar-refractivity contribution is 0.0186. The van der Waals surface area contributed by atoms with Gasteiger partial charge in [-0.05, 0) is 37.6 Å². The van der Waals surface area contributed by atoms with Crippen LogP contribution < -0.4 is 9.46 Å². The minimum atomic E-state index is -3.26. The molecule has 0 radical (unpaired) electrons. The van der Waals surface area contributed by atoms with Gasteiger partial charge in [-0.3, -0.25) is 0 Å². The molecule has 7 nitrogen and oxygen atoms in total. The zero-order chi connectivity index (χ0) is 19.3. The predicted octanol–water partition coefficient (Wildman–Crippen LogP) is 2.52. The molecule has 2 heterocycles. The molecule has 2 atom stereocenters. The number of sulfonamides is 1. The van der Waals surface area contributed by atoms with Gasteiger partial charge in [0.05, 0.1) is 24.0 Å². The predicted molar refractivity (Wildman–Crippen MR) is 103 cm³/mol. The van der Waals surface area contributed by atoms with Gasteiger partial charge in [-0.15, -0.1) is 0 Å². The van der Waals surface area contributed by atoms with Gasteiger partial charge in [0, 0.05) is 36.5 Å². The van der Waals surface area contributed by atoms with Crippen LogP contribution in [0.1, 0.15) is 13.3 Å². The van der Waals surface area contributed by atoms with Crippen LogP contribution >= 0.6 is 11.6 Å². The van der Waals surface area contributed by atoms with E-state index in [-0.39, 0.29) is 17.7 Å². The lowest BCUT2D eigenvalue weighted by Gasteiger charge is -2.31. The summed E-state index contributed by atoms with van der Waals surface area (Å²) in [5, 5.41) is 0.488. The molecule has 0 aliphatic carbocycles. The van der Waals surface area contributed by atoms with Gasteiger partial charge >= 0.3 is 0 Å². The Kier molecular flexibility index (Phi) is 6.64. The van der Waals surface area contributed by atoms with Crippen molar-refractivity contribution < 1.29 is 17.9 Å². The molecule has 0 spiro atoms. The summed E-state index contributed by atoms with van der Waals surface area (Å²) in [5.41, 5.74) is 0.855. The number of ether oxygens (including phenoxy) is 2. The van der Waals surface area contributed by atoms with Crippen LogP contribution in [-0.4, -0.2) is 50.0 Å². The Bertz CT molecular complexity index is 844. The van der Waals surface area contributed by atoms with Gasteiger partial charge < -0.3 is 9.47 Å². The fourth-order valence-electron chi connectivity index (χ4n) is 2.80. The number of nitrogens with zero attached hydrogens (tertiary/aromatic N) is 2. The fourth-order valence-corrected chi connectivity index (χ4v) is 3.83. The SMILES string of the molecule is CCS(=O)(=O)N[C@H]1CCOC[C@@H]1COc1ccc(-c2ncc(Cl)cn2)cc1. The summed E-state index contributed by atoms with van der Waals surface area (Å²) in [6, 6.07) is 7.23. The summed E-state index contributed by atoms with van der Waals surface area (Å²) in [6.07, 6.45) is 3.74. The molecule has 1 saturated heterocycles. The molecule has 0 amide bonds. The molecular weight excluding hydrogens is 390 g/mol. The molecule has 146 valence electrons. The Morgan fingerprint density at radius 3 is 2.63 bits per heavy atom. The third-order valence-corrected chi connectivity index (χ3v) is 6.00. The van der Waals surface area contributed by atoms with Gasteiger partial charge in [-0.1, -0.05) is 11.6 Å². The van der Waals surface area contributed by atoms with Crippen LogP contribution in [0.3, 0.4) is 0 Å². The Hall–Kier alpha value is -1.74. The van der Waals surface area contributed by atoms with Crippen LogP contribution in [-0.2, 0) is 14.8 Å².